The second-order valence-electron chi connectivity index (χ2n) is 4.97. The molecule has 1 saturated carbocycles. The fourth-order valence-corrected chi connectivity index (χ4v) is 2.41. The van der Waals surface area contributed by atoms with Gasteiger partial charge in [-0.05, 0) is 31.7 Å². The average molecular weight is 266 g/mol. The van der Waals surface area contributed by atoms with Gasteiger partial charge in [-0.25, -0.2) is 4.39 Å². The first-order chi connectivity index (χ1) is 9.08. The van der Waals surface area contributed by atoms with Gasteiger partial charge < -0.3 is 16.2 Å². The van der Waals surface area contributed by atoms with Crippen molar-refractivity contribution in [3.8, 4) is 5.75 Å². The summed E-state index contributed by atoms with van der Waals surface area (Å²) in [4.78, 5) is 11.2. The molecule has 1 aromatic rings. The Kier molecular flexibility index (Phi) is 4.24. The number of rotatable bonds is 3. The Bertz CT molecular complexity index is 469. The summed E-state index contributed by atoms with van der Waals surface area (Å²) < 4.78 is 19.5. The third-order valence-electron chi connectivity index (χ3n) is 3.47. The first-order valence-electron chi connectivity index (χ1n) is 6.63. The number of amides is 1. The van der Waals surface area contributed by atoms with E-state index < -0.39 is 11.7 Å². The molecule has 1 aromatic carbocycles. The van der Waals surface area contributed by atoms with Gasteiger partial charge in [0.1, 0.15) is 0 Å². The highest BCUT2D eigenvalue weighted by atomic mass is 19.1. The minimum Gasteiger partial charge on any atom is -0.487 e. The van der Waals surface area contributed by atoms with E-state index >= 15 is 0 Å². The Hall–Kier alpha value is -1.78. The van der Waals surface area contributed by atoms with Crippen LogP contribution in [0.15, 0.2) is 12.1 Å². The molecule has 1 fully saturated rings. The number of hydrogen-bond acceptors (Lipinski definition) is 3. The molecule has 1 aliphatic rings. The normalized spacial score (nSPS) is 16.9. The Morgan fingerprint density at radius 2 is 1.84 bits per heavy atom. The predicted molar refractivity (Wildman–Crippen MR) is 71.4 cm³/mol. The van der Waals surface area contributed by atoms with Crippen LogP contribution >= 0.6 is 0 Å². The van der Waals surface area contributed by atoms with Crippen LogP contribution in [0.4, 0.5) is 10.1 Å². The van der Waals surface area contributed by atoms with Crippen molar-refractivity contribution in [2.75, 3.05) is 5.73 Å². The molecule has 104 valence electrons. The van der Waals surface area contributed by atoms with Crippen molar-refractivity contribution < 1.29 is 13.9 Å². The van der Waals surface area contributed by atoms with Crippen LogP contribution in [-0.4, -0.2) is 12.0 Å². The van der Waals surface area contributed by atoms with Crippen molar-refractivity contribution in [3.63, 3.8) is 0 Å². The zero-order chi connectivity index (χ0) is 13.8. The van der Waals surface area contributed by atoms with Gasteiger partial charge in [0.2, 0.25) is 0 Å². The Morgan fingerprint density at radius 3 is 2.42 bits per heavy atom. The van der Waals surface area contributed by atoms with Crippen LogP contribution in [0, 0.1) is 5.82 Å². The van der Waals surface area contributed by atoms with Crippen LogP contribution < -0.4 is 16.2 Å². The van der Waals surface area contributed by atoms with E-state index in [1.807, 2.05) is 0 Å². The molecule has 19 heavy (non-hydrogen) atoms. The van der Waals surface area contributed by atoms with Gasteiger partial charge in [0.05, 0.1) is 11.7 Å². The second-order valence-corrected chi connectivity index (χ2v) is 4.97. The zero-order valence-electron chi connectivity index (χ0n) is 10.8. The number of nitrogen functional groups attached to an aromatic ring is 1. The molecule has 2 rings (SSSR count). The molecule has 1 amide bonds. The van der Waals surface area contributed by atoms with Gasteiger partial charge in [-0.2, -0.15) is 0 Å². The standard InChI is InChI=1S/C14H19FN2O2/c15-11-8-12(16)10(14(17)18)7-13(11)19-9-5-3-1-2-4-6-9/h7-9H,1-6,16H2,(H2,17,18). The highest BCUT2D eigenvalue weighted by molar-refractivity contribution is 5.98. The molecule has 0 aliphatic heterocycles. The average Bonchev–Trinajstić information content (AvgIpc) is 2.60. The van der Waals surface area contributed by atoms with Crippen molar-refractivity contribution in [2.45, 2.75) is 44.6 Å². The van der Waals surface area contributed by atoms with E-state index in [0.29, 0.717) is 0 Å². The van der Waals surface area contributed by atoms with Crippen LogP contribution in [0.3, 0.4) is 0 Å². The lowest BCUT2D eigenvalue weighted by Crippen LogP contribution is -2.18. The van der Waals surface area contributed by atoms with Crippen molar-refractivity contribution >= 4 is 11.6 Å². The van der Waals surface area contributed by atoms with Crippen LogP contribution in [0.5, 0.6) is 5.75 Å². The lowest BCUT2D eigenvalue weighted by molar-refractivity contribution is 0.1000. The fourth-order valence-electron chi connectivity index (χ4n) is 2.41. The summed E-state index contributed by atoms with van der Waals surface area (Å²) in [6, 6.07) is 2.39. The molecule has 4 nitrogen and oxygen atoms in total. The molecule has 0 unspecified atom stereocenters. The monoisotopic (exact) mass is 266 g/mol. The molecule has 0 aromatic heterocycles. The quantitative estimate of drug-likeness (QED) is 0.652. The Labute approximate surface area is 111 Å². The van der Waals surface area contributed by atoms with E-state index in [9.17, 15) is 9.18 Å². The van der Waals surface area contributed by atoms with Crippen molar-refractivity contribution in [1.82, 2.24) is 0 Å². The first-order valence-corrected chi connectivity index (χ1v) is 6.63. The van der Waals surface area contributed by atoms with E-state index in [4.69, 9.17) is 16.2 Å². The summed E-state index contributed by atoms with van der Waals surface area (Å²) in [5, 5.41) is 0. The highest BCUT2D eigenvalue weighted by Gasteiger charge is 2.18. The van der Waals surface area contributed by atoms with E-state index in [0.717, 1.165) is 31.7 Å². The van der Waals surface area contributed by atoms with E-state index in [1.54, 1.807) is 0 Å². The van der Waals surface area contributed by atoms with Gasteiger partial charge in [-0.3, -0.25) is 4.79 Å². The molecule has 0 atom stereocenters. The van der Waals surface area contributed by atoms with Gasteiger partial charge in [0, 0.05) is 11.8 Å². The number of carbonyl (C=O) groups is 1. The van der Waals surface area contributed by atoms with Gasteiger partial charge in [-0.1, -0.05) is 12.8 Å². The van der Waals surface area contributed by atoms with Crippen LogP contribution in [0.2, 0.25) is 0 Å². The summed E-state index contributed by atoms with van der Waals surface area (Å²) in [5.74, 6) is -1.16. The van der Waals surface area contributed by atoms with E-state index in [1.165, 1.54) is 18.9 Å². The molecule has 4 N–H and O–H groups in total. The highest BCUT2D eigenvalue weighted by Crippen LogP contribution is 2.28. The van der Waals surface area contributed by atoms with Crippen LogP contribution in [0.1, 0.15) is 48.9 Å². The number of anilines is 1. The lowest BCUT2D eigenvalue weighted by Gasteiger charge is -2.18. The fraction of sp³-hybridized carbons (Fsp3) is 0.500. The maximum absolute atomic E-state index is 13.8. The van der Waals surface area contributed by atoms with E-state index in [-0.39, 0.29) is 23.1 Å². The van der Waals surface area contributed by atoms with E-state index in [2.05, 4.69) is 0 Å². The van der Waals surface area contributed by atoms with Crippen molar-refractivity contribution in [1.29, 1.82) is 0 Å². The Balaban J connectivity index is 2.19. The van der Waals surface area contributed by atoms with Gasteiger partial charge in [-0.15, -0.1) is 0 Å². The molecule has 0 heterocycles. The SMILES string of the molecule is NC(=O)c1cc(OC2CCCCCC2)c(F)cc1N. The molecule has 1 aliphatic carbocycles. The first kappa shape index (κ1) is 13.6. The summed E-state index contributed by atoms with van der Waals surface area (Å²) in [6.07, 6.45) is 6.38. The second kappa shape index (κ2) is 5.91. The molecule has 0 radical (unpaired) electrons. The molecular weight excluding hydrogens is 247 g/mol. The number of primary amides is 1. The van der Waals surface area contributed by atoms with Gasteiger partial charge in [0.15, 0.2) is 11.6 Å². The molecular formula is C14H19FN2O2. The maximum atomic E-state index is 13.8. The number of nitrogens with two attached hydrogens (primary N) is 2. The van der Waals surface area contributed by atoms with Crippen molar-refractivity contribution in [2.24, 2.45) is 5.73 Å². The summed E-state index contributed by atoms with van der Waals surface area (Å²) in [7, 11) is 0. The molecule has 0 spiro atoms. The summed E-state index contributed by atoms with van der Waals surface area (Å²) >= 11 is 0. The molecule has 0 bridgehead atoms. The maximum Gasteiger partial charge on any atom is 0.250 e. The largest absolute Gasteiger partial charge is 0.487 e. The summed E-state index contributed by atoms with van der Waals surface area (Å²) in [6.45, 7) is 0. The Morgan fingerprint density at radius 1 is 1.21 bits per heavy atom. The topological polar surface area (TPSA) is 78.3 Å². The van der Waals surface area contributed by atoms with Gasteiger partial charge in [0.25, 0.3) is 5.91 Å². The molecule has 5 heteroatoms. The van der Waals surface area contributed by atoms with Gasteiger partial charge >= 0.3 is 0 Å². The number of carbonyl (C=O) groups excluding carboxylic acids is 1. The molecule has 0 saturated heterocycles. The number of hydrogen-bond donors (Lipinski definition) is 2. The lowest BCUT2D eigenvalue weighted by atomic mass is 10.1. The number of ether oxygens (including phenoxy) is 1. The third kappa shape index (κ3) is 3.36. The zero-order valence-corrected chi connectivity index (χ0v) is 10.8. The summed E-state index contributed by atoms with van der Waals surface area (Å²) in [5.41, 5.74) is 10.9. The van der Waals surface area contributed by atoms with Crippen LogP contribution in [-0.2, 0) is 0 Å². The minimum atomic E-state index is -0.678. The third-order valence-corrected chi connectivity index (χ3v) is 3.47. The smallest absolute Gasteiger partial charge is 0.250 e. The van der Waals surface area contributed by atoms with Crippen LogP contribution in [0.25, 0.3) is 0 Å². The number of benzene rings is 1. The predicted octanol–water partition coefficient (Wildman–Crippen LogP) is 2.61. The van der Waals surface area contributed by atoms with Crippen molar-refractivity contribution in [3.05, 3.63) is 23.5 Å². The number of halogens is 1. The minimum absolute atomic E-state index is 0.00125.